The minimum absolute atomic E-state index is 0.107. The fourth-order valence-corrected chi connectivity index (χ4v) is 3.79. The summed E-state index contributed by atoms with van der Waals surface area (Å²) >= 11 is 0. The van der Waals surface area contributed by atoms with E-state index in [0.717, 1.165) is 32.5 Å². The number of nitrogens with zero attached hydrogens (tertiary/aromatic N) is 6. The van der Waals surface area contributed by atoms with E-state index in [4.69, 9.17) is 29.4 Å². The van der Waals surface area contributed by atoms with Gasteiger partial charge in [-0.2, -0.15) is 0 Å². The average molecular weight is 490 g/mol. The number of fused-ring (bicyclic) bond motifs is 1. The van der Waals surface area contributed by atoms with Crippen molar-refractivity contribution in [2.45, 2.75) is 39.9 Å². The lowest BCUT2D eigenvalue weighted by molar-refractivity contribution is -0.107. The first kappa shape index (κ1) is 28.5. The largest absolute Gasteiger partial charge is 0.392 e. The van der Waals surface area contributed by atoms with Crippen molar-refractivity contribution in [3.8, 4) is 0 Å². The number of ether oxygens (including phenoxy) is 2. The smallest absolute Gasteiger partial charge is 0.164 e. The van der Waals surface area contributed by atoms with E-state index in [1.807, 2.05) is 0 Å². The van der Waals surface area contributed by atoms with E-state index >= 15 is 0 Å². The Labute approximate surface area is 207 Å². The second-order valence-electron chi connectivity index (χ2n) is 7.67. The molecule has 35 heavy (non-hydrogen) atoms. The third kappa shape index (κ3) is 6.91. The van der Waals surface area contributed by atoms with Gasteiger partial charge in [0.1, 0.15) is 29.5 Å². The first-order valence-electron chi connectivity index (χ1n) is 12.1. The Morgan fingerprint density at radius 2 is 1.43 bits per heavy atom. The van der Waals surface area contributed by atoms with Gasteiger partial charge in [-0.25, -0.2) is 19.9 Å². The molecule has 194 valence electrons. The van der Waals surface area contributed by atoms with Crippen molar-refractivity contribution in [2.75, 3.05) is 69.9 Å². The average Bonchev–Trinajstić information content (AvgIpc) is 2.88. The molecule has 0 spiro atoms. The summed E-state index contributed by atoms with van der Waals surface area (Å²) in [4.78, 5) is 34.5. The Morgan fingerprint density at radius 3 is 1.89 bits per heavy atom. The molecule has 2 aromatic rings. The van der Waals surface area contributed by atoms with Crippen LogP contribution in [0.5, 0.6) is 0 Å². The van der Waals surface area contributed by atoms with Crippen LogP contribution in [0.4, 0.5) is 11.6 Å². The van der Waals surface area contributed by atoms with Crippen LogP contribution < -0.4 is 15.1 Å². The van der Waals surface area contributed by atoms with Crippen LogP contribution in [0.25, 0.3) is 11.0 Å². The number of carbonyl (C=O) groups is 1. The first-order chi connectivity index (χ1) is 17.0. The van der Waals surface area contributed by atoms with Gasteiger partial charge in [-0.3, -0.25) is 0 Å². The van der Waals surface area contributed by atoms with Crippen molar-refractivity contribution in [1.29, 1.82) is 0 Å². The topological polar surface area (TPSA) is 126 Å². The summed E-state index contributed by atoms with van der Waals surface area (Å²) in [6.45, 7) is 11.6. The molecule has 0 fully saturated rings. The van der Waals surface area contributed by atoms with Crippen LogP contribution in [-0.2, 0) is 14.3 Å². The van der Waals surface area contributed by atoms with E-state index in [2.05, 4.69) is 42.8 Å². The molecule has 2 aromatic heterocycles. The normalized spacial score (nSPS) is 13.3. The lowest BCUT2D eigenvalue weighted by Crippen LogP contribution is -2.29. The Kier molecular flexibility index (Phi) is 11.9. The molecule has 0 aliphatic rings. The molecule has 2 atom stereocenters. The number of aldehydes is 1. The molecule has 2 unspecified atom stereocenters. The highest BCUT2D eigenvalue weighted by Gasteiger charge is 2.25. The fraction of sp³-hybridized carbons (Fsp3) is 0.625. The molecule has 2 heterocycles. The van der Waals surface area contributed by atoms with Gasteiger partial charge < -0.3 is 34.5 Å². The summed E-state index contributed by atoms with van der Waals surface area (Å²) in [5.74, 6) is 2.33. The Balaban J connectivity index is 2.87. The number of aliphatic hydroxyl groups excluding tert-OH is 1. The number of aromatic nitrogens is 4. The predicted octanol–water partition coefficient (Wildman–Crippen LogP) is 1.82. The molecule has 0 aromatic carbocycles. The lowest BCUT2D eigenvalue weighted by atomic mass is 10.2. The van der Waals surface area contributed by atoms with Crippen molar-refractivity contribution in [3.63, 3.8) is 0 Å². The molecule has 2 N–H and O–H groups in total. The Hall–Kier alpha value is -2.73. The summed E-state index contributed by atoms with van der Waals surface area (Å²) in [7, 11) is 3.18. The van der Waals surface area contributed by atoms with Crippen LogP contribution in [0, 0.1) is 0 Å². The number of anilines is 2. The third-order valence-corrected chi connectivity index (χ3v) is 5.72. The summed E-state index contributed by atoms with van der Waals surface area (Å²) < 4.78 is 11.3. The van der Waals surface area contributed by atoms with E-state index in [0.29, 0.717) is 40.9 Å². The maximum atomic E-state index is 10.8. The SMILES string of the molecule is CCN(CC)c1nc(C(CNCC=O)OC)nc2c(N(CC)CC)nc(C(C=CCO)OC)nc12. The standard InChI is InChI=1S/C24H39N7O4/c1-7-30(8-2)23-20-19(26-21(28-23)17(34-5)12-11-14-32)24(31(9-3)10-4)29-22(27-20)18(35-6)16-25-13-15-33/h11-12,15,17-18,25,32H,7-10,13-14,16H2,1-6H3. The highest BCUT2D eigenvalue weighted by Crippen LogP contribution is 2.32. The number of rotatable bonds is 16. The minimum Gasteiger partial charge on any atom is -0.392 e. The van der Waals surface area contributed by atoms with Gasteiger partial charge in [0, 0.05) is 46.9 Å². The van der Waals surface area contributed by atoms with E-state index in [1.165, 1.54) is 0 Å². The molecular weight excluding hydrogens is 450 g/mol. The van der Waals surface area contributed by atoms with Crippen LogP contribution in [0.15, 0.2) is 12.2 Å². The zero-order chi connectivity index (χ0) is 25.8. The quantitative estimate of drug-likeness (QED) is 0.204. The van der Waals surface area contributed by atoms with Gasteiger partial charge >= 0.3 is 0 Å². The number of aliphatic hydroxyl groups is 1. The van der Waals surface area contributed by atoms with Gasteiger partial charge in [0.05, 0.1) is 13.2 Å². The molecule has 2 rings (SSSR count). The molecule has 11 heteroatoms. The number of hydrogen-bond acceptors (Lipinski definition) is 11. The Bertz CT molecular complexity index is 965. The summed E-state index contributed by atoms with van der Waals surface area (Å²) in [5.41, 5.74) is 1.25. The molecule has 0 saturated carbocycles. The lowest BCUT2D eigenvalue weighted by Gasteiger charge is -2.27. The maximum Gasteiger partial charge on any atom is 0.164 e. The van der Waals surface area contributed by atoms with Crippen LogP contribution in [-0.4, -0.2) is 91.4 Å². The second-order valence-corrected chi connectivity index (χ2v) is 7.67. The summed E-state index contributed by atoms with van der Waals surface area (Å²) in [5, 5.41) is 12.3. The zero-order valence-corrected chi connectivity index (χ0v) is 21.7. The number of carbonyl (C=O) groups excluding carboxylic acids is 1. The molecular formula is C24H39N7O4. The minimum atomic E-state index is -0.538. The van der Waals surface area contributed by atoms with Crippen molar-refractivity contribution >= 4 is 29.0 Å². The van der Waals surface area contributed by atoms with Crippen molar-refractivity contribution < 1.29 is 19.4 Å². The molecule has 0 radical (unpaired) electrons. The number of methoxy groups -OCH3 is 2. The van der Waals surface area contributed by atoms with E-state index in [-0.39, 0.29) is 13.2 Å². The van der Waals surface area contributed by atoms with Gasteiger partial charge in [0.25, 0.3) is 0 Å². The highest BCUT2D eigenvalue weighted by molar-refractivity contribution is 5.93. The van der Waals surface area contributed by atoms with Crippen molar-refractivity contribution in [3.05, 3.63) is 23.8 Å². The second kappa shape index (κ2) is 14.6. The fourth-order valence-electron chi connectivity index (χ4n) is 3.79. The maximum absolute atomic E-state index is 10.8. The zero-order valence-electron chi connectivity index (χ0n) is 21.7. The highest BCUT2D eigenvalue weighted by atomic mass is 16.5. The monoisotopic (exact) mass is 489 g/mol. The van der Waals surface area contributed by atoms with Gasteiger partial charge in [-0.15, -0.1) is 0 Å². The van der Waals surface area contributed by atoms with Crippen LogP contribution in [0.1, 0.15) is 51.6 Å². The molecule has 0 saturated heterocycles. The van der Waals surface area contributed by atoms with Crippen LogP contribution in [0.3, 0.4) is 0 Å². The van der Waals surface area contributed by atoms with Gasteiger partial charge in [0.15, 0.2) is 23.3 Å². The van der Waals surface area contributed by atoms with E-state index in [9.17, 15) is 9.90 Å². The van der Waals surface area contributed by atoms with Crippen molar-refractivity contribution in [1.82, 2.24) is 25.3 Å². The van der Waals surface area contributed by atoms with Crippen molar-refractivity contribution in [2.24, 2.45) is 0 Å². The van der Waals surface area contributed by atoms with E-state index in [1.54, 1.807) is 26.4 Å². The number of hydrogen-bond donors (Lipinski definition) is 2. The van der Waals surface area contributed by atoms with Crippen LogP contribution in [0.2, 0.25) is 0 Å². The molecule has 0 amide bonds. The predicted molar refractivity (Wildman–Crippen MR) is 137 cm³/mol. The summed E-state index contributed by atoms with van der Waals surface area (Å²) in [6, 6.07) is 0. The molecule has 0 bridgehead atoms. The third-order valence-electron chi connectivity index (χ3n) is 5.72. The molecule has 11 nitrogen and oxygen atoms in total. The van der Waals surface area contributed by atoms with E-state index < -0.39 is 12.2 Å². The molecule has 0 aliphatic heterocycles. The van der Waals surface area contributed by atoms with Gasteiger partial charge in [0.2, 0.25) is 0 Å². The van der Waals surface area contributed by atoms with Gasteiger partial charge in [-0.05, 0) is 33.8 Å². The number of nitrogens with one attached hydrogen (secondary N) is 1. The Morgan fingerprint density at radius 1 is 0.886 bits per heavy atom. The molecule has 0 aliphatic carbocycles. The summed E-state index contributed by atoms with van der Waals surface area (Å²) in [6.07, 6.45) is 3.15. The first-order valence-corrected chi connectivity index (χ1v) is 12.1. The van der Waals surface area contributed by atoms with Gasteiger partial charge in [-0.1, -0.05) is 6.08 Å². The van der Waals surface area contributed by atoms with Crippen LogP contribution >= 0.6 is 0 Å².